The summed E-state index contributed by atoms with van der Waals surface area (Å²) in [4.78, 5) is 27.4. The van der Waals surface area contributed by atoms with Crippen LogP contribution in [0.4, 0.5) is 5.00 Å². The highest BCUT2D eigenvalue weighted by Gasteiger charge is 2.33. The molecule has 0 spiro atoms. The molecule has 2 amide bonds. The monoisotopic (exact) mass is 500 g/mol. The Morgan fingerprint density at radius 1 is 1.24 bits per heavy atom. The van der Waals surface area contributed by atoms with Crippen molar-refractivity contribution in [3.63, 3.8) is 0 Å². The maximum atomic E-state index is 13.3. The maximum Gasteiger partial charge on any atom is 0.254 e. The molecule has 180 valence electrons. The predicted molar refractivity (Wildman–Crippen MR) is 133 cm³/mol. The van der Waals surface area contributed by atoms with E-state index in [-0.39, 0.29) is 35.8 Å². The van der Waals surface area contributed by atoms with Gasteiger partial charge in [0.25, 0.3) is 5.91 Å². The first kappa shape index (κ1) is 23.1. The zero-order chi connectivity index (χ0) is 24.0. The molecule has 1 fully saturated rings. The number of fused-ring (bicyclic) bond motifs is 2. The van der Waals surface area contributed by atoms with Crippen LogP contribution in [0.15, 0.2) is 28.9 Å². The third kappa shape index (κ3) is 4.63. The summed E-state index contributed by atoms with van der Waals surface area (Å²) >= 11 is 1.46. The molecule has 2 unspecified atom stereocenters. The van der Waals surface area contributed by atoms with Crippen molar-refractivity contribution in [1.82, 2.24) is 5.32 Å². The van der Waals surface area contributed by atoms with Crippen molar-refractivity contribution in [3.05, 3.63) is 51.6 Å². The zero-order valence-electron chi connectivity index (χ0n) is 19.3. The summed E-state index contributed by atoms with van der Waals surface area (Å²) in [6, 6.07) is 5.49. The molecule has 2 N–H and O–H groups in total. The van der Waals surface area contributed by atoms with E-state index in [2.05, 4.69) is 17.6 Å². The fourth-order valence-electron chi connectivity index (χ4n) is 4.92. The van der Waals surface area contributed by atoms with Crippen molar-refractivity contribution in [1.29, 1.82) is 0 Å². The number of furan rings is 1. The first-order valence-electron chi connectivity index (χ1n) is 11.6. The Kier molecular flexibility index (Phi) is 6.02. The van der Waals surface area contributed by atoms with E-state index < -0.39 is 9.84 Å². The van der Waals surface area contributed by atoms with Crippen molar-refractivity contribution < 1.29 is 22.4 Å². The number of hydrogen-bond donors (Lipinski definition) is 2. The quantitative estimate of drug-likeness (QED) is 0.550. The van der Waals surface area contributed by atoms with Gasteiger partial charge in [0.05, 0.1) is 29.8 Å². The van der Waals surface area contributed by atoms with Gasteiger partial charge in [-0.1, -0.05) is 19.1 Å². The molecule has 1 saturated heterocycles. The van der Waals surface area contributed by atoms with Gasteiger partial charge in [-0.15, -0.1) is 11.3 Å². The van der Waals surface area contributed by atoms with Crippen molar-refractivity contribution in [2.45, 2.75) is 52.0 Å². The number of anilines is 1. The van der Waals surface area contributed by atoms with Gasteiger partial charge in [-0.2, -0.15) is 0 Å². The van der Waals surface area contributed by atoms with Gasteiger partial charge in [-0.25, -0.2) is 8.42 Å². The van der Waals surface area contributed by atoms with Gasteiger partial charge in [0.1, 0.15) is 10.6 Å². The molecule has 5 rings (SSSR count). The van der Waals surface area contributed by atoms with Crippen molar-refractivity contribution in [3.8, 4) is 0 Å². The van der Waals surface area contributed by atoms with E-state index in [1.165, 1.54) is 11.3 Å². The van der Waals surface area contributed by atoms with Crippen LogP contribution in [0.1, 0.15) is 51.7 Å². The zero-order valence-corrected chi connectivity index (χ0v) is 20.9. The number of benzene rings is 1. The molecule has 2 atom stereocenters. The van der Waals surface area contributed by atoms with Crippen LogP contribution in [-0.4, -0.2) is 37.8 Å². The number of amides is 2. The minimum Gasteiger partial charge on any atom is -0.464 e. The number of rotatable bonds is 5. The average molecular weight is 501 g/mol. The third-order valence-corrected chi connectivity index (χ3v) is 9.66. The molecule has 2 aliphatic rings. The van der Waals surface area contributed by atoms with Gasteiger partial charge in [0.15, 0.2) is 9.84 Å². The Labute approximate surface area is 202 Å². The standard InChI is InChI=1S/C25H28N2O5S2/c1-14-3-5-18-16(12-32-20(18)9-14)11-22(28)27-25-23(19-6-4-15(2)10-21(19)33-25)24(29)26-17-7-8-34(30,31)13-17/h3,5,9,12,15,17H,4,6-8,10-11,13H2,1-2H3,(H,26,29)(H,27,28). The Morgan fingerprint density at radius 2 is 2.06 bits per heavy atom. The van der Waals surface area contributed by atoms with Crippen molar-refractivity contribution in [2.75, 3.05) is 16.8 Å². The number of sulfone groups is 1. The largest absolute Gasteiger partial charge is 0.464 e. The van der Waals surface area contributed by atoms with Crippen LogP contribution >= 0.6 is 11.3 Å². The summed E-state index contributed by atoms with van der Waals surface area (Å²) in [7, 11) is -3.10. The van der Waals surface area contributed by atoms with Gasteiger partial charge in [0, 0.05) is 21.9 Å². The molecule has 1 aromatic carbocycles. The molecule has 2 aromatic heterocycles. The first-order valence-corrected chi connectivity index (χ1v) is 14.2. The Morgan fingerprint density at radius 3 is 2.82 bits per heavy atom. The van der Waals surface area contributed by atoms with Crippen molar-refractivity contribution >= 4 is 49.0 Å². The molecular weight excluding hydrogens is 472 g/mol. The lowest BCUT2D eigenvalue weighted by atomic mass is 9.88. The van der Waals surface area contributed by atoms with Gasteiger partial charge in [-0.3, -0.25) is 9.59 Å². The second-order valence-corrected chi connectivity index (χ2v) is 12.9. The highest BCUT2D eigenvalue weighted by Crippen LogP contribution is 2.40. The van der Waals surface area contributed by atoms with E-state index in [1.807, 2.05) is 25.1 Å². The third-order valence-electron chi connectivity index (χ3n) is 6.72. The van der Waals surface area contributed by atoms with Gasteiger partial charge < -0.3 is 15.1 Å². The molecule has 1 aliphatic heterocycles. The van der Waals surface area contributed by atoms with Crippen LogP contribution in [0.3, 0.4) is 0 Å². The Bertz CT molecular complexity index is 1390. The maximum absolute atomic E-state index is 13.3. The van der Waals surface area contributed by atoms with Gasteiger partial charge in [-0.05, 0) is 55.7 Å². The molecule has 7 nitrogen and oxygen atoms in total. The lowest BCUT2D eigenvalue weighted by Gasteiger charge is -2.19. The molecule has 3 heterocycles. The SMILES string of the molecule is Cc1ccc2c(CC(=O)Nc3sc4c(c3C(=O)NC3CCS(=O)(=O)C3)CCC(C)C4)coc2c1. The van der Waals surface area contributed by atoms with E-state index in [0.29, 0.717) is 22.9 Å². The van der Waals surface area contributed by atoms with Crippen LogP contribution in [0.5, 0.6) is 0 Å². The van der Waals surface area contributed by atoms with Crippen LogP contribution in [-0.2, 0) is 33.9 Å². The fraction of sp³-hybridized carbons (Fsp3) is 0.440. The number of hydrogen-bond acceptors (Lipinski definition) is 6. The van der Waals surface area contributed by atoms with Crippen LogP contribution in [0, 0.1) is 12.8 Å². The van der Waals surface area contributed by atoms with Crippen LogP contribution in [0.2, 0.25) is 0 Å². The number of nitrogens with one attached hydrogen (secondary N) is 2. The van der Waals surface area contributed by atoms with Crippen molar-refractivity contribution in [2.24, 2.45) is 5.92 Å². The second kappa shape index (κ2) is 8.85. The predicted octanol–water partition coefficient (Wildman–Crippen LogP) is 4.03. The van der Waals surface area contributed by atoms with E-state index >= 15 is 0 Å². The number of carbonyl (C=O) groups is 2. The van der Waals surface area contributed by atoms with E-state index in [4.69, 9.17) is 4.42 Å². The molecule has 34 heavy (non-hydrogen) atoms. The number of thiophene rings is 1. The Balaban J connectivity index is 1.39. The van der Waals surface area contributed by atoms with Gasteiger partial charge in [0.2, 0.25) is 5.91 Å². The summed E-state index contributed by atoms with van der Waals surface area (Å²) in [6.45, 7) is 4.18. The molecule has 1 aliphatic carbocycles. The van der Waals surface area contributed by atoms with E-state index in [1.54, 1.807) is 6.26 Å². The molecule has 9 heteroatoms. The fourth-order valence-corrected chi connectivity index (χ4v) is 8.01. The summed E-state index contributed by atoms with van der Waals surface area (Å²) in [5, 5.41) is 7.34. The lowest BCUT2D eigenvalue weighted by Crippen LogP contribution is -2.36. The van der Waals surface area contributed by atoms with Crippen LogP contribution in [0.25, 0.3) is 11.0 Å². The van der Waals surface area contributed by atoms with Crippen LogP contribution < -0.4 is 10.6 Å². The summed E-state index contributed by atoms with van der Waals surface area (Å²) < 4.78 is 29.3. The summed E-state index contributed by atoms with van der Waals surface area (Å²) in [5.41, 5.74) is 4.11. The summed E-state index contributed by atoms with van der Waals surface area (Å²) in [6.07, 6.45) is 4.80. The Hall–Kier alpha value is -2.65. The van der Waals surface area contributed by atoms with E-state index in [9.17, 15) is 18.0 Å². The summed E-state index contributed by atoms with van der Waals surface area (Å²) in [5.74, 6) is 0.0722. The van der Waals surface area contributed by atoms with E-state index in [0.717, 1.165) is 51.8 Å². The molecular formula is C25H28N2O5S2. The number of carbonyl (C=O) groups excluding carboxylic acids is 2. The second-order valence-electron chi connectivity index (χ2n) is 9.61. The molecule has 0 bridgehead atoms. The smallest absolute Gasteiger partial charge is 0.254 e. The highest BCUT2D eigenvalue weighted by molar-refractivity contribution is 7.91. The average Bonchev–Trinajstić information content (AvgIpc) is 3.42. The number of aryl methyl sites for hydroxylation is 1. The minimum atomic E-state index is -3.10. The highest BCUT2D eigenvalue weighted by atomic mass is 32.2. The molecule has 0 saturated carbocycles. The minimum absolute atomic E-state index is 0.0309. The van der Waals surface area contributed by atoms with Gasteiger partial charge >= 0.3 is 0 Å². The topological polar surface area (TPSA) is 105 Å². The molecule has 3 aromatic rings. The molecule has 0 radical (unpaired) electrons. The first-order chi connectivity index (χ1) is 16.2. The lowest BCUT2D eigenvalue weighted by molar-refractivity contribution is -0.115. The normalized spacial score (nSPS) is 21.4.